The van der Waals surface area contributed by atoms with Gasteiger partial charge in [0, 0.05) is 23.2 Å². The molecule has 1 saturated carbocycles. The van der Waals surface area contributed by atoms with Gasteiger partial charge in [-0.2, -0.15) is 13.2 Å². The molecule has 1 aliphatic carbocycles. The van der Waals surface area contributed by atoms with E-state index in [0.29, 0.717) is 24.6 Å². The van der Waals surface area contributed by atoms with E-state index in [4.69, 9.17) is 0 Å². The quantitative estimate of drug-likeness (QED) is 0.320. The molecule has 3 aliphatic rings. The van der Waals surface area contributed by atoms with Crippen molar-refractivity contribution in [2.45, 2.75) is 61.1 Å². The number of alkyl halides is 6. The molecule has 48 heavy (non-hydrogen) atoms. The van der Waals surface area contributed by atoms with Crippen molar-refractivity contribution in [1.82, 2.24) is 10.3 Å². The molecule has 3 aromatic rings. The van der Waals surface area contributed by atoms with E-state index in [9.17, 15) is 52.4 Å². The summed E-state index contributed by atoms with van der Waals surface area (Å²) in [6, 6.07) is 7.39. The first-order valence-corrected chi connectivity index (χ1v) is 17.8. The molecule has 1 atom stereocenters. The zero-order chi connectivity index (χ0) is 34.9. The van der Waals surface area contributed by atoms with E-state index in [2.05, 4.69) is 15.0 Å². The zero-order valence-electron chi connectivity index (χ0n) is 24.6. The summed E-state index contributed by atoms with van der Waals surface area (Å²) in [5.74, 6) is -3.59. The Morgan fingerprint density at radius 1 is 1.02 bits per heavy atom. The molecule has 3 heterocycles. The Kier molecular flexibility index (Phi) is 8.20. The van der Waals surface area contributed by atoms with Gasteiger partial charge in [0.25, 0.3) is 15.9 Å². The Hall–Kier alpha value is -3.93. The summed E-state index contributed by atoms with van der Waals surface area (Å²) in [4.78, 5) is 16.2. The molecule has 2 fully saturated rings. The number of pyridine rings is 1. The number of sulfone groups is 1. The Balaban J connectivity index is 1.38. The Bertz CT molecular complexity index is 1980. The maximum absolute atomic E-state index is 14.4. The van der Waals surface area contributed by atoms with Crippen molar-refractivity contribution < 1.29 is 57.1 Å². The number of hydrogen-bond acceptors (Lipinski definition) is 7. The predicted octanol–water partition coefficient (Wildman–Crippen LogP) is 5.50. The topological polar surface area (TPSA) is 123 Å². The van der Waals surface area contributed by atoms with Crippen molar-refractivity contribution in [3.05, 3.63) is 82.9 Å². The number of fused-ring (bicyclic) bond motifs is 2. The third kappa shape index (κ3) is 6.43. The Labute approximate surface area is 270 Å². The minimum Gasteiger partial charge on any atom is -0.406 e. The van der Waals surface area contributed by atoms with Gasteiger partial charge in [-0.1, -0.05) is 6.07 Å². The highest BCUT2D eigenvalue weighted by Crippen LogP contribution is 2.59. The summed E-state index contributed by atoms with van der Waals surface area (Å²) in [5.41, 5.74) is -2.39. The first-order valence-electron chi connectivity index (χ1n) is 14.6. The maximum Gasteiger partial charge on any atom is 0.573 e. The summed E-state index contributed by atoms with van der Waals surface area (Å²) >= 11 is 0. The van der Waals surface area contributed by atoms with Crippen molar-refractivity contribution in [2.75, 3.05) is 15.8 Å². The van der Waals surface area contributed by atoms with E-state index in [1.165, 1.54) is 18.2 Å². The SMILES string of the molecule is O=C(NCc1ncc(C(F)(F)F)cc1F)c1ccc2c(c1)C1(CCS(=O)(=O)CC1)C(C1CC1)N2S(=O)(=O)c1cccc(OC(F)(F)F)c1. The molecule has 18 heteroatoms. The molecule has 258 valence electrons. The molecule has 1 amide bonds. The highest BCUT2D eigenvalue weighted by atomic mass is 32.2. The van der Waals surface area contributed by atoms with E-state index >= 15 is 0 Å². The molecular formula is C30H26F7N3O6S2. The molecule has 1 saturated heterocycles. The van der Waals surface area contributed by atoms with Crippen LogP contribution in [0.3, 0.4) is 0 Å². The number of rotatable bonds is 7. The van der Waals surface area contributed by atoms with Gasteiger partial charge in [0.15, 0.2) is 0 Å². The van der Waals surface area contributed by atoms with Crippen molar-refractivity contribution in [1.29, 1.82) is 0 Å². The summed E-state index contributed by atoms with van der Waals surface area (Å²) in [5, 5.41) is 2.39. The van der Waals surface area contributed by atoms with E-state index in [-0.39, 0.29) is 47.6 Å². The number of carbonyl (C=O) groups is 1. The molecule has 1 unspecified atom stereocenters. The fourth-order valence-corrected chi connectivity index (χ4v) is 9.95. The van der Waals surface area contributed by atoms with Gasteiger partial charge in [0.2, 0.25) is 0 Å². The highest BCUT2D eigenvalue weighted by Gasteiger charge is 2.60. The summed E-state index contributed by atoms with van der Waals surface area (Å²) in [6.07, 6.45) is -8.24. The Morgan fingerprint density at radius 2 is 1.71 bits per heavy atom. The van der Waals surface area contributed by atoms with Crippen LogP contribution in [0.5, 0.6) is 5.75 Å². The van der Waals surface area contributed by atoms with Gasteiger partial charge in [-0.25, -0.2) is 21.2 Å². The molecule has 2 aromatic carbocycles. The number of amides is 1. The summed E-state index contributed by atoms with van der Waals surface area (Å²) in [6.45, 7) is -0.579. The van der Waals surface area contributed by atoms with Crippen LogP contribution in [-0.2, 0) is 38.0 Å². The third-order valence-electron chi connectivity index (χ3n) is 8.90. The molecule has 9 nitrogen and oxygen atoms in total. The molecule has 0 bridgehead atoms. The lowest BCUT2D eigenvalue weighted by Crippen LogP contribution is -2.52. The lowest BCUT2D eigenvalue weighted by molar-refractivity contribution is -0.274. The summed E-state index contributed by atoms with van der Waals surface area (Å²) < 4.78 is 151. The van der Waals surface area contributed by atoms with Crippen LogP contribution in [-0.4, -0.2) is 51.6 Å². The van der Waals surface area contributed by atoms with Gasteiger partial charge in [-0.05, 0) is 73.6 Å². The van der Waals surface area contributed by atoms with Crippen molar-refractivity contribution in [3.63, 3.8) is 0 Å². The number of benzene rings is 2. The smallest absolute Gasteiger partial charge is 0.406 e. The average molecular weight is 722 g/mol. The number of halogens is 7. The second kappa shape index (κ2) is 11.6. The second-order valence-corrected chi connectivity index (χ2v) is 16.1. The normalized spacial score (nSPS) is 20.4. The van der Waals surface area contributed by atoms with Crippen LogP contribution in [0.15, 0.2) is 59.6 Å². The molecule has 0 radical (unpaired) electrons. The molecule has 6 rings (SSSR count). The van der Waals surface area contributed by atoms with Gasteiger partial charge >= 0.3 is 12.5 Å². The second-order valence-electron chi connectivity index (χ2n) is 12.0. The molecule has 1 aromatic heterocycles. The minimum absolute atomic E-state index is 0.0124. The number of nitrogens with one attached hydrogen (secondary N) is 1. The monoisotopic (exact) mass is 721 g/mol. The molecule has 1 spiro atoms. The molecular weight excluding hydrogens is 695 g/mol. The van der Waals surface area contributed by atoms with Gasteiger partial charge in [-0.3, -0.25) is 14.1 Å². The highest BCUT2D eigenvalue weighted by molar-refractivity contribution is 7.93. The number of anilines is 1. The zero-order valence-corrected chi connectivity index (χ0v) is 26.2. The largest absolute Gasteiger partial charge is 0.573 e. The van der Waals surface area contributed by atoms with Crippen molar-refractivity contribution in [2.24, 2.45) is 5.92 Å². The van der Waals surface area contributed by atoms with Crippen molar-refractivity contribution in [3.8, 4) is 5.75 Å². The third-order valence-corrected chi connectivity index (χ3v) is 12.3. The van der Waals surface area contributed by atoms with Crippen LogP contribution in [0.25, 0.3) is 0 Å². The number of hydrogen-bond donors (Lipinski definition) is 1. The first-order chi connectivity index (χ1) is 22.3. The minimum atomic E-state index is -5.08. The van der Waals surface area contributed by atoms with Crippen LogP contribution in [0.4, 0.5) is 36.4 Å². The van der Waals surface area contributed by atoms with Gasteiger partial charge in [-0.15, -0.1) is 13.2 Å². The molecule has 2 aliphatic heterocycles. The van der Waals surface area contributed by atoms with Crippen LogP contribution in [0, 0.1) is 11.7 Å². The fraction of sp³-hybridized carbons (Fsp3) is 0.400. The van der Waals surface area contributed by atoms with Crippen LogP contribution >= 0.6 is 0 Å². The first kappa shape index (κ1) is 34.0. The van der Waals surface area contributed by atoms with Gasteiger partial charge in [0.1, 0.15) is 21.4 Å². The number of ether oxygens (including phenoxy) is 1. The maximum atomic E-state index is 14.4. The summed E-state index contributed by atoms with van der Waals surface area (Å²) in [7, 11) is -8.05. The predicted molar refractivity (Wildman–Crippen MR) is 156 cm³/mol. The number of sulfonamides is 1. The number of nitrogens with zero attached hydrogens (tertiary/aromatic N) is 2. The number of aromatic nitrogens is 1. The lowest BCUT2D eigenvalue weighted by Gasteiger charge is -2.41. The van der Waals surface area contributed by atoms with Crippen LogP contribution in [0.2, 0.25) is 0 Å². The fourth-order valence-electron chi connectivity index (χ4n) is 6.57. The van der Waals surface area contributed by atoms with E-state index in [1.807, 2.05) is 0 Å². The standard InChI is InChI=1S/C30H26F7N3O6S2/c31-23-13-19(29(32,33)34)15-38-24(23)16-39-27(41)18-6-7-25-22(12-18)28(8-10-47(42,43)11-9-28)26(17-4-5-17)40(25)48(44,45)21-3-1-2-20(14-21)46-30(35,36)37/h1-3,6-7,12-15,17,26H,4-5,8-11,16H2,(H,39,41). The van der Waals surface area contributed by atoms with Crippen LogP contribution < -0.4 is 14.4 Å². The number of carbonyl (C=O) groups excluding carboxylic acids is 1. The average Bonchev–Trinajstić information content (AvgIpc) is 3.79. The van der Waals surface area contributed by atoms with E-state index in [0.717, 1.165) is 28.6 Å². The van der Waals surface area contributed by atoms with Crippen LogP contribution in [0.1, 0.15) is 52.9 Å². The van der Waals surface area contributed by atoms with E-state index < -0.39 is 84.0 Å². The van der Waals surface area contributed by atoms with Crippen molar-refractivity contribution >= 4 is 31.5 Å². The van der Waals surface area contributed by atoms with E-state index in [1.54, 1.807) is 0 Å². The lowest BCUT2D eigenvalue weighted by atomic mass is 9.70. The molecule has 1 N–H and O–H groups in total. The Morgan fingerprint density at radius 3 is 2.31 bits per heavy atom. The van der Waals surface area contributed by atoms with Gasteiger partial charge in [0.05, 0.1) is 45.9 Å². The van der Waals surface area contributed by atoms with Gasteiger partial charge < -0.3 is 10.1 Å².